The highest BCUT2D eigenvalue weighted by Gasteiger charge is 2.37. The first-order valence-electron chi connectivity index (χ1n) is 8.37. The number of halogens is 3. The molecule has 25 heavy (non-hydrogen) atoms. The molecular formula is C17H20ClF2N3O2. The summed E-state index contributed by atoms with van der Waals surface area (Å²) in [5.41, 5.74) is -0.406. The van der Waals surface area contributed by atoms with E-state index in [1.54, 1.807) is 4.90 Å². The van der Waals surface area contributed by atoms with E-state index in [-0.39, 0.29) is 28.5 Å². The Morgan fingerprint density at radius 2 is 2.16 bits per heavy atom. The van der Waals surface area contributed by atoms with Gasteiger partial charge in [-0.25, -0.2) is 13.6 Å². The maximum absolute atomic E-state index is 14.3. The van der Waals surface area contributed by atoms with Crippen molar-refractivity contribution in [2.24, 2.45) is 5.92 Å². The van der Waals surface area contributed by atoms with E-state index < -0.39 is 23.4 Å². The van der Waals surface area contributed by atoms with Crippen molar-refractivity contribution in [2.45, 2.75) is 38.6 Å². The van der Waals surface area contributed by atoms with Crippen LogP contribution in [-0.4, -0.2) is 36.0 Å². The van der Waals surface area contributed by atoms with Crippen LogP contribution in [0.5, 0.6) is 0 Å². The molecule has 0 aromatic heterocycles. The van der Waals surface area contributed by atoms with Gasteiger partial charge in [-0.3, -0.25) is 4.79 Å². The van der Waals surface area contributed by atoms with E-state index in [2.05, 4.69) is 10.6 Å². The van der Waals surface area contributed by atoms with E-state index in [0.717, 1.165) is 25.3 Å². The average Bonchev–Trinajstić information content (AvgIpc) is 3.03. The molecule has 0 bridgehead atoms. The first-order valence-corrected chi connectivity index (χ1v) is 8.74. The van der Waals surface area contributed by atoms with Crippen LogP contribution in [0.25, 0.3) is 0 Å². The fourth-order valence-corrected chi connectivity index (χ4v) is 3.76. The molecule has 136 valence electrons. The number of nitrogens with zero attached hydrogens (tertiary/aromatic N) is 1. The zero-order valence-electron chi connectivity index (χ0n) is 13.9. The van der Waals surface area contributed by atoms with Gasteiger partial charge in [-0.15, -0.1) is 0 Å². The Morgan fingerprint density at radius 1 is 1.40 bits per heavy atom. The summed E-state index contributed by atoms with van der Waals surface area (Å²) in [5, 5.41) is 5.10. The SMILES string of the molecule is Cc1c(Cl)cc(F)c(NC(=O)N2CCCCC2C2CNC(=O)C2)c1F. The summed E-state index contributed by atoms with van der Waals surface area (Å²) in [6, 6.07) is 0.318. The maximum atomic E-state index is 14.3. The smallest absolute Gasteiger partial charge is 0.322 e. The Balaban J connectivity index is 1.80. The van der Waals surface area contributed by atoms with E-state index in [1.807, 2.05) is 0 Å². The van der Waals surface area contributed by atoms with Gasteiger partial charge in [0.25, 0.3) is 0 Å². The van der Waals surface area contributed by atoms with Crippen LogP contribution < -0.4 is 10.6 Å². The summed E-state index contributed by atoms with van der Waals surface area (Å²) in [5.74, 6) is -1.78. The van der Waals surface area contributed by atoms with Gasteiger partial charge in [-0.2, -0.15) is 0 Å². The molecule has 0 saturated carbocycles. The summed E-state index contributed by atoms with van der Waals surface area (Å²) >= 11 is 5.76. The highest BCUT2D eigenvalue weighted by Crippen LogP contribution is 2.31. The van der Waals surface area contributed by atoms with Crippen LogP contribution in [0.4, 0.5) is 19.3 Å². The summed E-state index contributed by atoms with van der Waals surface area (Å²) in [7, 11) is 0. The Hall–Kier alpha value is -1.89. The Morgan fingerprint density at radius 3 is 2.84 bits per heavy atom. The Kier molecular flexibility index (Phi) is 5.13. The van der Waals surface area contributed by atoms with Crippen molar-refractivity contribution in [3.8, 4) is 0 Å². The molecule has 1 aromatic rings. The van der Waals surface area contributed by atoms with Gasteiger partial charge in [0.15, 0.2) is 11.6 Å². The van der Waals surface area contributed by atoms with Gasteiger partial charge in [-0.1, -0.05) is 11.6 Å². The quantitative estimate of drug-likeness (QED) is 0.836. The summed E-state index contributed by atoms with van der Waals surface area (Å²) in [6.45, 7) is 2.44. The van der Waals surface area contributed by atoms with E-state index in [4.69, 9.17) is 11.6 Å². The molecule has 2 N–H and O–H groups in total. The number of carbonyl (C=O) groups is 2. The number of piperidine rings is 1. The third-order valence-electron chi connectivity index (χ3n) is 4.99. The molecule has 5 nitrogen and oxygen atoms in total. The minimum Gasteiger partial charge on any atom is -0.356 e. The Labute approximate surface area is 149 Å². The topological polar surface area (TPSA) is 61.4 Å². The predicted molar refractivity (Wildman–Crippen MR) is 90.6 cm³/mol. The van der Waals surface area contributed by atoms with Crippen LogP contribution in [0.3, 0.4) is 0 Å². The van der Waals surface area contributed by atoms with Crippen molar-refractivity contribution in [3.63, 3.8) is 0 Å². The van der Waals surface area contributed by atoms with Crippen molar-refractivity contribution < 1.29 is 18.4 Å². The van der Waals surface area contributed by atoms with E-state index in [1.165, 1.54) is 6.92 Å². The van der Waals surface area contributed by atoms with Gasteiger partial charge < -0.3 is 15.5 Å². The lowest BCUT2D eigenvalue weighted by atomic mass is 9.90. The van der Waals surface area contributed by atoms with Gasteiger partial charge in [0.1, 0.15) is 5.69 Å². The van der Waals surface area contributed by atoms with E-state index in [9.17, 15) is 18.4 Å². The molecule has 2 unspecified atom stereocenters. The van der Waals surface area contributed by atoms with Gasteiger partial charge in [0, 0.05) is 42.1 Å². The van der Waals surface area contributed by atoms with Gasteiger partial charge in [0.2, 0.25) is 5.91 Å². The monoisotopic (exact) mass is 371 g/mol. The van der Waals surface area contributed by atoms with Crippen molar-refractivity contribution in [2.75, 3.05) is 18.4 Å². The molecule has 2 atom stereocenters. The lowest BCUT2D eigenvalue weighted by molar-refractivity contribution is -0.119. The van der Waals surface area contributed by atoms with Crippen molar-refractivity contribution in [1.82, 2.24) is 10.2 Å². The minimum absolute atomic E-state index is 0.0265. The van der Waals surface area contributed by atoms with Crippen molar-refractivity contribution in [3.05, 3.63) is 28.3 Å². The third kappa shape index (κ3) is 3.56. The lowest BCUT2D eigenvalue weighted by Crippen LogP contribution is -2.50. The standard InChI is InChI=1S/C17H20ClF2N3O2/c1-9-11(18)7-12(19)16(15(9)20)22-17(25)23-5-3-2-4-13(23)10-6-14(24)21-8-10/h7,10,13H,2-6,8H2,1H3,(H,21,24)(H,22,25). The number of nitrogens with one attached hydrogen (secondary N) is 2. The largest absolute Gasteiger partial charge is 0.356 e. The number of carbonyl (C=O) groups excluding carboxylic acids is 2. The second-order valence-corrected chi connectivity index (χ2v) is 7.02. The number of amides is 3. The second kappa shape index (κ2) is 7.15. The molecule has 8 heteroatoms. The van der Waals surface area contributed by atoms with Gasteiger partial charge in [0.05, 0.1) is 0 Å². The molecule has 0 aliphatic carbocycles. The molecule has 2 saturated heterocycles. The van der Waals surface area contributed by atoms with Crippen LogP contribution in [-0.2, 0) is 4.79 Å². The molecule has 2 aliphatic heterocycles. The number of rotatable bonds is 2. The molecule has 2 fully saturated rings. The highest BCUT2D eigenvalue weighted by atomic mass is 35.5. The zero-order valence-corrected chi connectivity index (χ0v) is 14.6. The van der Waals surface area contributed by atoms with Crippen molar-refractivity contribution >= 4 is 29.2 Å². The number of anilines is 1. The summed E-state index contributed by atoms with van der Waals surface area (Å²) < 4.78 is 28.3. The molecule has 2 heterocycles. The van der Waals surface area contributed by atoms with E-state index >= 15 is 0 Å². The molecule has 3 rings (SSSR count). The third-order valence-corrected chi connectivity index (χ3v) is 5.39. The first-order chi connectivity index (χ1) is 11.9. The minimum atomic E-state index is -0.910. The molecule has 3 amide bonds. The number of hydrogen-bond donors (Lipinski definition) is 2. The first kappa shape index (κ1) is 17.9. The van der Waals surface area contributed by atoms with Crippen LogP contribution in [0.1, 0.15) is 31.2 Å². The Bertz CT molecular complexity index is 714. The average molecular weight is 372 g/mol. The highest BCUT2D eigenvalue weighted by molar-refractivity contribution is 6.31. The molecule has 0 radical (unpaired) electrons. The fraction of sp³-hybridized carbons (Fsp3) is 0.529. The van der Waals surface area contributed by atoms with Crippen LogP contribution in [0.2, 0.25) is 5.02 Å². The molecule has 2 aliphatic rings. The molecule has 1 aromatic carbocycles. The summed E-state index contributed by atoms with van der Waals surface area (Å²) in [6.07, 6.45) is 2.93. The molecule has 0 spiro atoms. The lowest BCUT2D eigenvalue weighted by Gasteiger charge is -2.38. The number of likely N-dealkylation sites (tertiary alicyclic amines) is 1. The van der Waals surface area contributed by atoms with Crippen LogP contribution in [0.15, 0.2) is 6.07 Å². The predicted octanol–water partition coefficient (Wildman–Crippen LogP) is 3.45. The van der Waals surface area contributed by atoms with Crippen molar-refractivity contribution in [1.29, 1.82) is 0 Å². The van der Waals surface area contributed by atoms with Gasteiger partial charge >= 0.3 is 6.03 Å². The van der Waals surface area contributed by atoms with Crippen LogP contribution in [0, 0.1) is 24.5 Å². The number of benzene rings is 1. The molecular weight excluding hydrogens is 352 g/mol. The van der Waals surface area contributed by atoms with Gasteiger partial charge in [-0.05, 0) is 32.3 Å². The van der Waals surface area contributed by atoms with Crippen LogP contribution >= 0.6 is 11.6 Å². The zero-order chi connectivity index (χ0) is 18.1. The second-order valence-electron chi connectivity index (χ2n) is 6.61. The van der Waals surface area contributed by atoms with E-state index in [0.29, 0.717) is 19.5 Å². The number of urea groups is 1. The maximum Gasteiger partial charge on any atom is 0.322 e. The number of hydrogen-bond acceptors (Lipinski definition) is 2. The fourth-order valence-electron chi connectivity index (χ4n) is 3.58. The summed E-state index contributed by atoms with van der Waals surface area (Å²) in [4.78, 5) is 25.7. The normalized spacial score (nSPS) is 23.5.